The van der Waals surface area contributed by atoms with Crippen LogP contribution in [0.5, 0.6) is 5.75 Å². The number of aromatic hydroxyl groups is 1. The van der Waals surface area contributed by atoms with Crippen LogP contribution in [-0.2, 0) is 36.8 Å². The van der Waals surface area contributed by atoms with Gasteiger partial charge >= 0.3 is 0 Å². The van der Waals surface area contributed by atoms with Gasteiger partial charge in [-0.15, -0.1) is 10.2 Å². The number of nitrogens with one attached hydrogen (secondary N) is 1. The lowest BCUT2D eigenvalue weighted by Gasteiger charge is -2.27. The van der Waals surface area contributed by atoms with Crippen LogP contribution >= 0.6 is 11.6 Å². The van der Waals surface area contributed by atoms with Crippen molar-refractivity contribution in [3.63, 3.8) is 0 Å². The fraction of sp³-hybridized carbons (Fsp3) is 0.107. The van der Waals surface area contributed by atoms with Crippen molar-refractivity contribution in [1.82, 2.24) is 15.0 Å². The van der Waals surface area contributed by atoms with Gasteiger partial charge in [-0.1, -0.05) is 24.6 Å². The molecule has 1 heterocycles. The molecule has 17 nitrogen and oxygen atoms in total. The Balaban J connectivity index is 1.88. The van der Waals surface area contributed by atoms with E-state index in [0.717, 1.165) is 48.0 Å². The van der Waals surface area contributed by atoms with Gasteiger partial charge in [0.25, 0.3) is 36.3 Å². The zero-order valence-electron chi connectivity index (χ0n) is 25.1. The third kappa shape index (κ3) is 7.59. The van der Waals surface area contributed by atoms with Crippen molar-refractivity contribution >= 4 is 81.4 Å². The first kappa shape index (κ1) is 35.5. The topological polar surface area (TPSA) is 262 Å². The molecule has 0 aliphatic heterocycles. The maximum atomic E-state index is 12.6. The van der Waals surface area contributed by atoms with E-state index in [2.05, 4.69) is 30.6 Å². The van der Waals surface area contributed by atoms with Crippen LogP contribution < -0.4 is 10.4 Å². The number of fused-ring (bicyclic) bond motifs is 1. The number of benzene rings is 4. The van der Waals surface area contributed by atoms with Crippen molar-refractivity contribution in [2.75, 3.05) is 10.4 Å². The van der Waals surface area contributed by atoms with Gasteiger partial charge < -0.3 is 5.11 Å². The molecule has 0 radical (unpaired) electrons. The van der Waals surface area contributed by atoms with E-state index in [1.54, 1.807) is 18.2 Å². The molecule has 5 rings (SSSR count). The van der Waals surface area contributed by atoms with Gasteiger partial charge in [0.05, 0.1) is 21.7 Å². The lowest BCUT2D eigenvalue weighted by Crippen LogP contribution is -2.27. The van der Waals surface area contributed by atoms with Crippen molar-refractivity contribution < 1.29 is 44.0 Å². The van der Waals surface area contributed by atoms with Gasteiger partial charge in [0.2, 0.25) is 0 Å². The molecule has 0 unspecified atom stereocenters. The minimum atomic E-state index is -5.26. The third-order valence-electron chi connectivity index (χ3n) is 6.93. The maximum Gasteiger partial charge on any atom is 0.296 e. The van der Waals surface area contributed by atoms with E-state index in [4.69, 9.17) is 11.6 Å². The van der Waals surface area contributed by atoms with Crippen LogP contribution in [0.2, 0.25) is 5.02 Å². The molecule has 21 heteroatoms. The van der Waals surface area contributed by atoms with Gasteiger partial charge in [-0.05, 0) is 78.4 Å². The third-order valence-corrected chi connectivity index (χ3v) is 9.75. The number of rotatable bonds is 10. The maximum absolute atomic E-state index is 12.6. The molecule has 1 aromatic heterocycles. The number of azo groups is 1. The summed E-state index contributed by atoms with van der Waals surface area (Å²) in [4.78, 5) is 9.47. The Morgan fingerprint density at radius 1 is 0.837 bits per heavy atom. The van der Waals surface area contributed by atoms with Crippen LogP contribution in [0.25, 0.3) is 10.8 Å². The quantitative estimate of drug-likeness (QED) is 0.0663. The Bertz CT molecular complexity index is 2480. The summed E-state index contributed by atoms with van der Waals surface area (Å²) in [5, 5.41) is 20.0. The van der Waals surface area contributed by atoms with E-state index in [9.17, 15) is 44.0 Å². The Morgan fingerprint density at radius 3 is 2.12 bits per heavy atom. The van der Waals surface area contributed by atoms with Gasteiger partial charge in [-0.25, -0.2) is 9.99 Å². The second-order valence-electron chi connectivity index (χ2n) is 10.2. The molecule has 0 atom stereocenters. The summed E-state index contributed by atoms with van der Waals surface area (Å²) < 4.78 is 104. The van der Waals surface area contributed by atoms with E-state index in [1.165, 1.54) is 13.0 Å². The van der Waals surface area contributed by atoms with E-state index in [0.29, 0.717) is 28.3 Å². The van der Waals surface area contributed by atoms with Crippen molar-refractivity contribution in [1.29, 1.82) is 0 Å². The summed E-state index contributed by atoms with van der Waals surface area (Å²) >= 11 is 6.18. The van der Waals surface area contributed by atoms with Crippen LogP contribution in [0.1, 0.15) is 18.1 Å². The normalized spacial score (nSPS) is 12.4. The van der Waals surface area contributed by atoms with E-state index in [1.807, 2.05) is 6.92 Å². The summed E-state index contributed by atoms with van der Waals surface area (Å²) in [5.74, 6) is -1.18. The minimum absolute atomic E-state index is 0.181. The molecule has 0 amide bonds. The zero-order chi connectivity index (χ0) is 35.9. The number of halogens is 1. The van der Waals surface area contributed by atoms with Crippen molar-refractivity contribution in [2.45, 2.75) is 35.0 Å². The monoisotopic (exact) mass is 749 g/mol. The second-order valence-corrected chi connectivity index (χ2v) is 14.9. The summed E-state index contributed by atoms with van der Waals surface area (Å²) in [6.07, 6.45) is 2.68. The molecule has 0 spiro atoms. The highest BCUT2D eigenvalue weighted by molar-refractivity contribution is 7.86. The van der Waals surface area contributed by atoms with Gasteiger partial charge in [-0.3, -0.25) is 19.1 Å². The first-order valence-corrected chi connectivity index (χ1v) is 18.3. The molecule has 5 aromatic rings. The highest BCUT2D eigenvalue weighted by Gasteiger charge is 2.29. The van der Waals surface area contributed by atoms with Crippen molar-refractivity contribution in [3.8, 4) is 5.75 Å². The Labute approximate surface area is 284 Å². The molecule has 0 aliphatic rings. The van der Waals surface area contributed by atoms with E-state index < -0.39 is 62.2 Å². The Morgan fingerprint density at radius 2 is 1.51 bits per heavy atom. The standard InChI is InChI=1S/C28H24ClN7O10S3/c1-3-16-9-18(29)5-7-20(16)35-36(28-31-13-30-14-32-28)22-12-19(47(38,39)40)10-17-11-24(49(44,45)46)26(27(37)25(17)22)34-33-21-6-4-15(2)8-23(21)48(41,42)43/h4-14,35,37H,3H2,1-2H3,(H,38,39,40)(H,41,42,43)(H,44,45,46). The second kappa shape index (κ2) is 13.2. The van der Waals surface area contributed by atoms with Gasteiger partial charge in [0.15, 0.2) is 5.75 Å². The average Bonchev–Trinajstić information content (AvgIpc) is 3.02. The molecule has 0 aliphatic carbocycles. The summed E-state index contributed by atoms with van der Waals surface area (Å²) in [6, 6.07) is 10.9. The first-order valence-electron chi connectivity index (χ1n) is 13.6. The van der Waals surface area contributed by atoms with Crippen LogP contribution in [0.15, 0.2) is 92.2 Å². The highest BCUT2D eigenvalue weighted by atomic mass is 35.5. The van der Waals surface area contributed by atoms with Crippen molar-refractivity contribution in [3.05, 3.63) is 83.4 Å². The lowest BCUT2D eigenvalue weighted by molar-refractivity contribution is 0.472. The van der Waals surface area contributed by atoms with Crippen LogP contribution in [0, 0.1) is 6.92 Å². The fourth-order valence-electron chi connectivity index (χ4n) is 4.72. The van der Waals surface area contributed by atoms with E-state index >= 15 is 0 Å². The number of aromatic nitrogens is 3. The number of anilines is 3. The van der Waals surface area contributed by atoms with E-state index in [-0.39, 0.29) is 22.4 Å². The predicted octanol–water partition coefficient (Wildman–Crippen LogP) is 5.58. The van der Waals surface area contributed by atoms with Crippen molar-refractivity contribution in [2.24, 2.45) is 10.2 Å². The summed E-state index contributed by atoms with van der Waals surface area (Å²) in [7, 11) is -15.1. The number of aryl methyl sites for hydroxylation is 2. The van der Waals surface area contributed by atoms with Crippen LogP contribution in [0.4, 0.5) is 28.7 Å². The predicted molar refractivity (Wildman–Crippen MR) is 177 cm³/mol. The average molecular weight is 750 g/mol. The number of hydrogen-bond donors (Lipinski definition) is 5. The molecule has 4 aromatic carbocycles. The van der Waals surface area contributed by atoms with Crippen LogP contribution in [0.3, 0.4) is 0 Å². The Kier molecular flexibility index (Phi) is 9.58. The number of phenolic OH excluding ortho intramolecular Hbond substituents is 1. The molecule has 0 bridgehead atoms. The number of phenols is 1. The van der Waals surface area contributed by atoms with Crippen LogP contribution in [-0.4, -0.2) is 59.0 Å². The summed E-state index contributed by atoms with van der Waals surface area (Å²) in [6.45, 7) is 3.36. The molecule has 49 heavy (non-hydrogen) atoms. The fourth-order valence-corrected chi connectivity index (χ4v) is 6.82. The molecule has 0 saturated carbocycles. The molecule has 0 fully saturated rings. The number of hydrogen-bond acceptors (Lipinski definition) is 14. The largest absolute Gasteiger partial charge is 0.505 e. The molecule has 0 saturated heterocycles. The molecule has 256 valence electrons. The molecular formula is C28H24ClN7O10S3. The summed E-state index contributed by atoms with van der Waals surface area (Å²) in [5.41, 5.74) is 2.85. The van der Waals surface area contributed by atoms with Gasteiger partial charge in [0.1, 0.15) is 33.8 Å². The first-order chi connectivity index (χ1) is 22.9. The van der Waals surface area contributed by atoms with Gasteiger partial charge in [0, 0.05) is 5.02 Å². The highest BCUT2D eigenvalue weighted by Crippen LogP contribution is 2.47. The zero-order valence-corrected chi connectivity index (χ0v) is 28.3. The number of hydrazine groups is 1. The SMILES string of the molecule is CCc1cc(Cl)ccc1NN(c1ncncn1)c1cc(S(=O)(=O)O)cc2cc(S(=O)(=O)O)c(N=Nc3ccc(C)cc3S(=O)(=O)O)c(O)c12. The van der Waals surface area contributed by atoms with Gasteiger partial charge in [-0.2, -0.15) is 35.2 Å². The lowest BCUT2D eigenvalue weighted by atomic mass is 10.1. The Hall–Kier alpha value is -4.83. The minimum Gasteiger partial charge on any atom is -0.505 e. The molecular weight excluding hydrogens is 726 g/mol. The number of nitrogens with zero attached hydrogens (tertiary/aromatic N) is 6. The smallest absolute Gasteiger partial charge is 0.296 e. The molecule has 5 N–H and O–H groups in total.